The number of fused-ring (bicyclic) bond motifs is 2. The Morgan fingerprint density at radius 2 is 2.00 bits per heavy atom. The monoisotopic (exact) mass is 415 g/mol. The van der Waals surface area contributed by atoms with Crippen molar-refractivity contribution in [3.63, 3.8) is 0 Å². The first-order valence-electron chi connectivity index (χ1n) is 10.4. The van der Waals surface area contributed by atoms with Gasteiger partial charge in [0, 0.05) is 55.9 Å². The predicted molar refractivity (Wildman–Crippen MR) is 110 cm³/mol. The summed E-state index contributed by atoms with van der Waals surface area (Å²) < 4.78 is 7.51. The smallest absolute Gasteiger partial charge is 0.341 e. The predicted octanol–water partition coefficient (Wildman–Crippen LogP) is 2.21. The van der Waals surface area contributed by atoms with Crippen LogP contribution in [0, 0.1) is 0 Å². The molecule has 0 aromatic carbocycles. The van der Waals surface area contributed by atoms with Gasteiger partial charge < -0.3 is 9.64 Å². The van der Waals surface area contributed by atoms with Crippen molar-refractivity contribution in [3.05, 3.63) is 65.9 Å². The van der Waals surface area contributed by atoms with Gasteiger partial charge in [0.2, 0.25) is 5.91 Å². The normalized spacial score (nSPS) is 23.1. The molecule has 1 amide bonds. The summed E-state index contributed by atoms with van der Waals surface area (Å²) in [6, 6.07) is 5.79. The fourth-order valence-corrected chi connectivity index (χ4v) is 4.96. The molecule has 0 N–H and O–H groups in total. The van der Waals surface area contributed by atoms with Crippen LogP contribution in [0.2, 0.25) is 0 Å². The number of aromatic nitrogens is 4. The average Bonchev–Trinajstić information content (AvgIpc) is 3.17. The van der Waals surface area contributed by atoms with E-state index in [4.69, 9.17) is 4.74 Å². The Morgan fingerprint density at radius 3 is 2.71 bits per heavy atom. The van der Waals surface area contributed by atoms with Gasteiger partial charge in [-0.05, 0) is 30.5 Å². The van der Waals surface area contributed by atoms with Crippen LogP contribution in [0.5, 0.6) is 0 Å². The van der Waals surface area contributed by atoms with Crippen LogP contribution in [0.4, 0.5) is 0 Å². The second kappa shape index (κ2) is 6.23. The lowest BCUT2D eigenvalue weighted by Gasteiger charge is -2.26. The Morgan fingerprint density at radius 1 is 1.13 bits per heavy atom. The van der Waals surface area contributed by atoms with Gasteiger partial charge in [0.15, 0.2) is 5.60 Å². The molecule has 3 aliphatic rings. The topological polar surface area (TPSA) is 90.2 Å². The van der Waals surface area contributed by atoms with E-state index >= 15 is 0 Å². The lowest BCUT2D eigenvalue weighted by molar-refractivity contribution is -0.134. The molecular formula is C23H21N5O3. The minimum Gasteiger partial charge on any atom is -0.449 e. The molecule has 1 atom stereocenters. The summed E-state index contributed by atoms with van der Waals surface area (Å²) in [6.45, 7) is 0.953. The molecule has 3 aromatic heterocycles. The van der Waals surface area contributed by atoms with E-state index < -0.39 is 11.0 Å². The largest absolute Gasteiger partial charge is 0.449 e. The molecule has 6 rings (SSSR count). The highest BCUT2D eigenvalue weighted by molar-refractivity contribution is 5.95. The zero-order valence-corrected chi connectivity index (χ0v) is 17.1. The molecule has 1 aliphatic carbocycles. The fraction of sp³-hybridized carbons (Fsp3) is 0.348. The van der Waals surface area contributed by atoms with Gasteiger partial charge in [0.05, 0.1) is 29.4 Å². The van der Waals surface area contributed by atoms with Crippen LogP contribution in [-0.2, 0) is 27.6 Å². The quantitative estimate of drug-likeness (QED) is 0.609. The maximum atomic E-state index is 13.6. The van der Waals surface area contributed by atoms with E-state index in [1.165, 1.54) is 0 Å². The molecule has 0 radical (unpaired) electrons. The highest BCUT2D eigenvalue weighted by atomic mass is 16.6. The van der Waals surface area contributed by atoms with Gasteiger partial charge in [-0.3, -0.25) is 19.4 Å². The summed E-state index contributed by atoms with van der Waals surface area (Å²) in [5.74, 6) is -0.257. The summed E-state index contributed by atoms with van der Waals surface area (Å²) in [5, 5.41) is 4.19. The third kappa shape index (κ3) is 2.64. The van der Waals surface area contributed by atoms with Crippen molar-refractivity contribution >= 4 is 11.9 Å². The van der Waals surface area contributed by atoms with E-state index in [1.807, 2.05) is 42.5 Å². The molecule has 1 saturated carbocycles. The van der Waals surface area contributed by atoms with Crippen LogP contribution in [0.25, 0.3) is 11.3 Å². The molecule has 1 spiro atoms. The van der Waals surface area contributed by atoms with E-state index in [2.05, 4.69) is 15.1 Å². The van der Waals surface area contributed by atoms with Crippen LogP contribution in [-0.4, -0.2) is 49.6 Å². The van der Waals surface area contributed by atoms with E-state index in [9.17, 15) is 9.59 Å². The third-order valence-electron chi connectivity index (χ3n) is 6.82. The Hall–Kier alpha value is -3.55. The molecule has 156 valence electrons. The molecule has 8 heteroatoms. The first-order valence-corrected chi connectivity index (χ1v) is 10.4. The van der Waals surface area contributed by atoms with Gasteiger partial charge in [-0.25, -0.2) is 4.79 Å². The molecule has 2 aliphatic heterocycles. The molecule has 2 fully saturated rings. The fourth-order valence-electron chi connectivity index (χ4n) is 4.96. The van der Waals surface area contributed by atoms with Gasteiger partial charge in [-0.15, -0.1) is 0 Å². The summed E-state index contributed by atoms with van der Waals surface area (Å²) in [6.07, 6.45) is 11.0. The molecule has 8 nitrogen and oxygen atoms in total. The van der Waals surface area contributed by atoms with Crippen molar-refractivity contribution in [1.29, 1.82) is 0 Å². The van der Waals surface area contributed by atoms with Crippen LogP contribution in [0.1, 0.15) is 40.7 Å². The number of ether oxygens (including phenoxy) is 1. The minimum absolute atomic E-state index is 0.0962. The SMILES string of the molecule is Cn1cc(-c2ccc(C3(C(=O)N4CC[C@@]5(C4)OC(=O)c4cnccc45)CC3)cn2)cn1. The lowest BCUT2D eigenvalue weighted by atomic mass is 9.92. The molecule has 5 heterocycles. The van der Waals surface area contributed by atoms with Gasteiger partial charge in [-0.1, -0.05) is 6.07 Å². The molecule has 31 heavy (non-hydrogen) atoms. The number of hydrogen-bond acceptors (Lipinski definition) is 6. The lowest BCUT2D eigenvalue weighted by Crippen LogP contribution is -2.40. The second-order valence-electron chi connectivity index (χ2n) is 8.70. The number of hydrogen-bond donors (Lipinski definition) is 0. The highest BCUT2D eigenvalue weighted by Crippen LogP contribution is 2.52. The number of esters is 1. The second-order valence-corrected chi connectivity index (χ2v) is 8.70. The van der Waals surface area contributed by atoms with Gasteiger partial charge in [-0.2, -0.15) is 5.10 Å². The zero-order chi connectivity index (χ0) is 21.2. The number of aryl methyl sites for hydroxylation is 1. The van der Waals surface area contributed by atoms with Crippen LogP contribution in [0.3, 0.4) is 0 Å². The van der Waals surface area contributed by atoms with Crippen molar-refractivity contribution in [3.8, 4) is 11.3 Å². The van der Waals surface area contributed by atoms with E-state index in [1.54, 1.807) is 23.3 Å². The third-order valence-corrected chi connectivity index (χ3v) is 6.82. The molecular weight excluding hydrogens is 394 g/mol. The van der Waals surface area contributed by atoms with Crippen molar-refractivity contribution in [2.45, 2.75) is 30.3 Å². The van der Waals surface area contributed by atoms with Gasteiger partial charge in [0.25, 0.3) is 0 Å². The van der Waals surface area contributed by atoms with Crippen LogP contribution in [0.15, 0.2) is 49.2 Å². The number of nitrogens with zero attached hydrogens (tertiary/aromatic N) is 5. The van der Waals surface area contributed by atoms with E-state index in [0.29, 0.717) is 25.1 Å². The first-order chi connectivity index (χ1) is 15.0. The van der Waals surface area contributed by atoms with Crippen LogP contribution >= 0.6 is 0 Å². The highest BCUT2D eigenvalue weighted by Gasteiger charge is 2.58. The van der Waals surface area contributed by atoms with E-state index in [0.717, 1.165) is 35.2 Å². The Labute approximate surface area is 178 Å². The summed E-state index contributed by atoms with van der Waals surface area (Å²) in [4.78, 5) is 36.3. The van der Waals surface area contributed by atoms with Crippen LogP contribution < -0.4 is 0 Å². The Kier molecular flexibility index (Phi) is 3.66. The molecule has 0 unspecified atom stereocenters. The summed E-state index contributed by atoms with van der Waals surface area (Å²) in [7, 11) is 1.87. The maximum absolute atomic E-state index is 13.6. The van der Waals surface area contributed by atoms with Gasteiger partial charge in [0.1, 0.15) is 0 Å². The number of carbonyl (C=O) groups is 2. The minimum atomic E-state index is -0.747. The standard InChI is InChI=1S/C23H21N5O3/c1-27-13-15(10-26-27)19-3-2-16(11-25-19)22(5-6-22)21(30)28-9-7-23(14-28)18-4-8-24-12-17(18)20(29)31-23/h2-4,8,10-13H,5-7,9,14H2,1H3/t23-/m0/s1. The first kappa shape index (κ1) is 18.2. The summed E-state index contributed by atoms with van der Waals surface area (Å²) >= 11 is 0. The van der Waals surface area contributed by atoms with Gasteiger partial charge >= 0.3 is 5.97 Å². The number of rotatable bonds is 3. The van der Waals surface area contributed by atoms with Crippen molar-refractivity contribution in [2.24, 2.45) is 7.05 Å². The van der Waals surface area contributed by atoms with Crippen molar-refractivity contribution < 1.29 is 14.3 Å². The van der Waals surface area contributed by atoms with Crippen molar-refractivity contribution in [2.75, 3.05) is 13.1 Å². The van der Waals surface area contributed by atoms with Crippen molar-refractivity contribution in [1.82, 2.24) is 24.6 Å². The summed E-state index contributed by atoms with van der Waals surface area (Å²) in [5.41, 5.74) is 2.81. The zero-order valence-electron chi connectivity index (χ0n) is 17.1. The average molecular weight is 415 g/mol. The molecule has 3 aromatic rings. The molecule has 0 bridgehead atoms. The Bertz CT molecular complexity index is 1210. The Balaban J connectivity index is 1.25. The van der Waals surface area contributed by atoms with E-state index in [-0.39, 0.29) is 11.9 Å². The number of pyridine rings is 2. The number of carbonyl (C=O) groups excluding carboxylic acids is 2. The molecule has 1 saturated heterocycles. The number of likely N-dealkylation sites (tertiary alicyclic amines) is 1. The maximum Gasteiger partial charge on any atom is 0.341 e. The number of amides is 1.